The summed E-state index contributed by atoms with van der Waals surface area (Å²) in [6, 6.07) is 0. The highest BCUT2D eigenvalue weighted by molar-refractivity contribution is 5.88. The highest BCUT2D eigenvalue weighted by Gasteiger charge is 2.94. The fourth-order valence-corrected chi connectivity index (χ4v) is 11.4. The van der Waals surface area contributed by atoms with E-state index in [0.29, 0.717) is 29.0 Å². The Bertz CT molecular complexity index is 781. The van der Waals surface area contributed by atoms with Crippen LogP contribution in [0.1, 0.15) is 51.9 Å². The van der Waals surface area contributed by atoms with Gasteiger partial charge in [-0.1, -0.05) is 6.92 Å². The van der Waals surface area contributed by atoms with Crippen molar-refractivity contribution in [2.45, 2.75) is 64.3 Å². The van der Waals surface area contributed by atoms with Gasteiger partial charge in [0.05, 0.1) is 6.10 Å². The van der Waals surface area contributed by atoms with Crippen molar-refractivity contribution < 1.29 is 19.4 Å². The average Bonchev–Trinajstić information content (AvgIpc) is 3.22. The van der Waals surface area contributed by atoms with Gasteiger partial charge < -0.3 is 14.6 Å². The summed E-state index contributed by atoms with van der Waals surface area (Å²) in [5, 5.41) is 10.9. The molecule has 0 aromatic rings. The second kappa shape index (κ2) is 4.73. The lowest BCUT2D eigenvalue weighted by Crippen LogP contribution is -2.61. The van der Waals surface area contributed by atoms with Gasteiger partial charge in [0.1, 0.15) is 12.6 Å². The van der Waals surface area contributed by atoms with Gasteiger partial charge in [0.15, 0.2) is 6.29 Å². The molecule has 0 saturated heterocycles. The summed E-state index contributed by atoms with van der Waals surface area (Å²) in [4.78, 5) is 12.5. The molecule has 1 N–H and O–H groups in total. The second-order valence-corrected chi connectivity index (χ2v) is 12.2. The monoisotopic (exact) mass is 384 g/mol. The summed E-state index contributed by atoms with van der Waals surface area (Å²) in [6.07, 6.45) is 8.14. The Hall–Kier alpha value is -0.450. The average molecular weight is 385 g/mol. The third kappa shape index (κ3) is 1.49. The van der Waals surface area contributed by atoms with Crippen molar-refractivity contribution in [3.05, 3.63) is 0 Å². The molecular formula is C24H32O4. The third-order valence-electron chi connectivity index (χ3n) is 12.0. The third-order valence-corrected chi connectivity index (χ3v) is 12.0. The van der Waals surface area contributed by atoms with Crippen molar-refractivity contribution in [1.29, 1.82) is 0 Å². The van der Waals surface area contributed by atoms with E-state index < -0.39 is 6.29 Å². The Balaban J connectivity index is 0.921. The normalized spacial score (nSPS) is 66.9. The Morgan fingerprint density at radius 3 is 2.79 bits per heavy atom. The molecule has 9 rings (SSSR count). The molecule has 4 nitrogen and oxygen atoms in total. The molecule has 0 aliphatic heterocycles. The smallest absolute Gasteiger partial charge is 0.160 e. The number of Topliss-reactive ketones (excluding diaryl/α,β-unsaturated/α-hetero) is 1. The first-order valence-electron chi connectivity index (χ1n) is 12.0. The standard InChI is InChI=1S/C24H32O4/c1-10-7-23-8-24(10,23)19-13-5-12(18(19)23)6-16(13)22(26)28-9-27-21-15-3-11-2-14(15)20(25)17(21)4-11/h10-19,21-22,26H,2-9H2,1H3. The van der Waals surface area contributed by atoms with Gasteiger partial charge in [-0.15, -0.1) is 0 Å². The van der Waals surface area contributed by atoms with Crippen LogP contribution in [0.2, 0.25) is 0 Å². The lowest BCUT2D eigenvalue weighted by Gasteiger charge is -2.65. The fourth-order valence-electron chi connectivity index (χ4n) is 11.4. The number of ketones is 1. The summed E-state index contributed by atoms with van der Waals surface area (Å²) in [5.41, 5.74) is 1.46. The van der Waals surface area contributed by atoms with E-state index >= 15 is 0 Å². The quantitative estimate of drug-likeness (QED) is 0.740. The number of aliphatic hydroxyl groups is 1. The van der Waals surface area contributed by atoms with Gasteiger partial charge in [-0.25, -0.2) is 0 Å². The summed E-state index contributed by atoms with van der Waals surface area (Å²) >= 11 is 0. The molecule has 14 unspecified atom stereocenters. The van der Waals surface area contributed by atoms with Gasteiger partial charge in [0, 0.05) is 17.8 Å². The molecule has 0 heterocycles. The molecular weight excluding hydrogens is 352 g/mol. The number of carbonyl (C=O) groups is 1. The maximum Gasteiger partial charge on any atom is 0.160 e. The molecule has 152 valence electrons. The topological polar surface area (TPSA) is 55.8 Å². The molecule has 0 aromatic carbocycles. The van der Waals surface area contributed by atoms with E-state index in [1.165, 1.54) is 19.3 Å². The van der Waals surface area contributed by atoms with Crippen LogP contribution < -0.4 is 0 Å². The number of hydrogen-bond acceptors (Lipinski definition) is 4. The molecule has 9 aliphatic carbocycles. The lowest BCUT2D eigenvalue weighted by atomic mass is 9.39. The van der Waals surface area contributed by atoms with Crippen LogP contribution in [0, 0.1) is 70.0 Å². The maximum atomic E-state index is 12.5. The van der Waals surface area contributed by atoms with Gasteiger partial charge >= 0.3 is 0 Å². The molecule has 9 fully saturated rings. The van der Waals surface area contributed by atoms with Crippen LogP contribution in [0.5, 0.6) is 0 Å². The van der Waals surface area contributed by atoms with Crippen molar-refractivity contribution in [2.75, 3.05) is 6.79 Å². The fraction of sp³-hybridized carbons (Fsp3) is 0.958. The summed E-state index contributed by atoms with van der Waals surface area (Å²) in [5.74, 6) is 6.66. The first-order chi connectivity index (χ1) is 13.5. The predicted molar refractivity (Wildman–Crippen MR) is 99.6 cm³/mol. The first kappa shape index (κ1) is 16.3. The zero-order valence-electron chi connectivity index (χ0n) is 16.8. The molecule has 14 atom stereocenters. The van der Waals surface area contributed by atoms with Gasteiger partial charge in [0.2, 0.25) is 0 Å². The summed E-state index contributed by atoms with van der Waals surface area (Å²) in [7, 11) is 0. The lowest BCUT2D eigenvalue weighted by molar-refractivity contribution is -0.243. The van der Waals surface area contributed by atoms with Crippen molar-refractivity contribution in [3.8, 4) is 0 Å². The summed E-state index contributed by atoms with van der Waals surface area (Å²) in [6.45, 7) is 2.63. The predicted octanol–water partition coefficient (Wildman–Crippen LogP) is 3.23. The Morgan fingerprint density at radius 1 is 1.11 bits per heavy atom. The van der Waals surface area contributed by atoms with Crippen LogP contribution in [0.4, 0.5) is 0 Å². The van der Waals surface area contributed by atoms with Crippen LogP contribution in [-0.4, -0.2) is 30.1 Å². The van der Waals surface area contributed by atoms with E-state index in [2.05, 4.69) is 6.92 Å². The second-order valence-electron chi connectivity index (χ2n) is 12.2. The maximum absolute atomic E-state index is 12.5. The number of rotatable bonds is 5. The van der Waals surface area contributed by atoms with Gasteiger partial charge in [0.25, 0.3) is 0 Å². The van der Waals surface area contributed by atoms with Crippen LogP contribution in [0.15, 0.2) is 0 Å². The zero-order chi connectivity index (χ0) is 18.6. The number of fused-ring (bicyclic) bond motifs is 5. The first-order valence-corrected chi connectivity index (χ1v) is 12.0. The van der Waals surface area contributed by atoms with Crippen molar-refractivity contribution in [2.24, 2.45) is 70.0 Å². The Kier molecular flexibility index (Phi) is 2.75. The molecule has 0 aromatic heterocycles. The van der Waals surface area contributed by atoms with Gasteiger partial charge in [-0.3, -0.25) is 4.79 Å². The Morgan fingerprint density at radius 2 is 1.96 bits per heavy atom. The van der Waals surface area contributed by atoms with Crippen LogP contribution in [0.3, 0.4) is 0 Å². The van der Waals surface area contributed by atoms with Crippen LogP contribution in [-0.2, 0) is 14.3 Å². The number of ether oxygens (including phenoxy) is 2. The molecule has 6 bridgehead atoms. The molecule has 0 amide bonds. The number of carbonyl (C=O) groups excluding carboxylic acids is 1. The molecule has 9 saturated carbocycles. The van der Waals surface area contributed by atoms with Crippen LogP contribution in [0.25, 0.3) is 0 Å². The van der Waals surface area contributed by atoms with E-state index in [0.717, 1.165) is 60.7 Å². The largest absolute Gasteiger partial charge is 0.368 e. The molecule has 4 heteroatoms. The minimum absolute atomic E-state index is 0.0567. The van der Waals surface area contributed by atoms with E-state index in [1.807, 2.05) is 0 Å². The zero-order valence-corrected chi connectivity index (χ0v) is 16.8. The van der Waals surface area contributed by atoms with Gasteiger partial charge in [-0.05, 0) is 97.2 Å². The van der Waals surface area contributed by atoms with E-state index in [1.54, 1.807) is 0 Å². The minimum Gasteiger partial charge on any atom is -0.368 e. The number of hydrogen-bond donors (Lipinski definition) is 1. The van der Waals surface area contributed by atoms with Crippen molar-refractivity contribution >= 4 is 5.78 Å². The van der Waals surface area contributed by atoms with Crippen molar-refractivity contribution in [1.82, 2.24) is 0 Å². The minimum atomic E-state index is -0.679. The molecule has 0 spiro atoms. The summed E-state index contributed by atoms with van der Waals surface area (Å²) < 4.78 is 12.0. The van der Waals surface area contributed by atoms with Crippen molar-refractivity contribution in [3.63, 3.8) is 0 Å². The van der Waals surface area contributed by atoms with E-state index in [9.17, 15) is 9.90 Å². The molecule has 9 aliphatic rings. The van der Waals surface area contributed by atoms with Gasteiger partial charge in [-0.2, -0.15) is 0 Å². The molecule has 0 radical (unpaired) electrons. The highest BCUT2D eigenvalue weighted by Crippen LogP contribution is 3.00. The SMILES string of the molecule is CC1CC23CC12C1C2CC(CC2C(O)OCOC2C4CC5CC(C4=O)C2C5)C13. The van der Waals surface area contributed by atoms with E-state index in [4.69, 9.17) is 9.47 Å². The van der Waals surface area contributed by atoms with E-state index in [-0.39, 0.29) is 24.7 Å². The highest BCUT2D eigenvalue weighted by atomic mass is 16.7. The van der Waals surface area contributed by atoms with Crippen LogP contribution >= 0.6 is 0 Å². The molecule has 28 heavy (non-hydrogen) atoms. The number of aliphatic hydroxyl groups excluding tert-OH is 1. The Labute approximate surface area is 166 Å².